The molecule has 1 atom stereocenters. The van der Waals surface area contributed by atoms with E-state index in [4.69, 9.17) is 0 Å². The molecule has 1 aliphatic heterocycles. The van der Waals surface area contributed by atoms with E-state index in [1.165, 1.54) is 10.8 Å². The van der Waals surface area contributed by atoms with Crippen LogP contribution in [0.3, 0.4) is 0 Å². The van der Waals surface area contributed by atoms with Crippen LogP contribution < -0.4 is 11.2 Å². The van der Waals surface area contributed by atoms with E-state index in [1.54, 1.807) is 13.1 Å². The summed E-state index contributed by atoms with van der Waals surface area (Å²) in [6, 6.07) is 2.04. The molecular formula is C17H23N5O3. The summed E-state index contributed by atoms with van der Waals surface area (Å²) in [6.45, 7) is 3.04. The number of nitrogens with one attached hydrogen (secondary N) is 1. The van der Waals surface area contributed by atoms with Gasteiger partial charge in [-0.1, -0.05) is 0 Å². The van der Waals surface area contributed by atoms with Crippen molar-refractivity contribution in [3.05, 3.63) is 51.1 Å². The fourth-order valence-electron chi connectivity index (χ4n) is 3.32. The van der Waals surface area contributed by atoms with Gasteiger partial charge in [-0.15, -0.1) is 0 Å². The van der Waals surface area contributed by atoms with Crippen LogP contribution >= 0.6 is 0 Å². The molecule has 0 aliphatic carbocycles. The Kier molecular flexibility index (Phi) is 5.16. The number of likely N-dealkylation sites (tertiary alicyclic amines) is 1. The van der Waals surface area contributed by atoms with E-state index in [0.29, 0.717) is 12.1 Å². The Morgan fingerprint density at radius 3 is 2.96 bits per heavy atom. The number of amides is 1. The van der Waals surface area contributed by atoms with Gasteiger partial charge >= 0.3 is 5.69 Å². The predicted molar refractivity (Wildman–Crippen MR) is 92.3 cm³/mol. The standard InChI is InChI=1S/C17H23N5O3/c1-13-11-20(17(25)19-16(13)24)12-15(23)22-9-3-2-5-14(22)6-10-21-8-4-7-18-21/h4,7-8,11,14H,2-3,5-6,9-10,12H2,1H3,(H,19,24,25)/t14-/m0/s1. The maximum Gasteiger partial charge on any atom is 0.328 e. The van der Waals surface area contributed by atoms with Gasteiger partial charge < -0.3 is 4.90 Å². The lowest BCUT2D eigenvalue weighted by atomic mass is 9.99. The van der Waals surface area contributed by atoms with Crippen LogP contribution in [0.1, 0.15) is 31.2 Å². The van der Waals surface area contributed by atoms with Crippen LogP contribution in [0.2, 0.25) is 0 Å². The topological polar surface area (TPSA) is 93.0 Å². The largest absolute Gasteiger partial charge is 0.338 e. The van der Waals surface area contributed by atoms with Crippen LogP contribution in [0.5, 0.6) is 0 Å². The van der Waals surface area contributed by atoms with Gasteiger partial charge in [0.2, 0.25) is 5.91 Å². The SMILES string of the molecule is Cc1cn(CC(=O)N2CCCC[C@H]2CCn2cccn2)c(=O)[nH]c1=O. The second-order valence-electron chi connectivity index (χ2n) is 6.49. The first-order valence-electron chi connectivity index (χ1n) is 8.62. The minimum atomic E-state index is -0.547. The smallest absolute Gasteiger partial charge is 0.328 e. The molecular weight excluding hydrogens is 322 g/mol. The summed E-state index contributed by atoms with van der Waals surface area (Å²) >= 11 is 0. The van der Waals surface area contributed by atoms with E-state index < -0.39 is 11.2 Å². The molecule has 0 spiro atoms. The normalized spacial score (nSPS) is 17.6. The van der Waals surface area contributed by atoms with Crippen LogP contribution in [0.25, 0.3) is 0 Å². The molecule has 0 saturated carbocycles. The highest BCUT2D eigenvalue weighted by Gasteiger charge is 2.26. The molecule has 1 fully saturated rings. The van der Waals surface area contributed by atoms with Gasteiger partial charge in [-0.25, -0.2) is 4.79 Å². The Labute approximate surface area is 145 Å². The molecule has 8 heteroatoms. The Morgan fingerprint density at radius 1 is 1.36 bits per heavy atom. The number of piperidine rings is 1. The molecule has 1 saturated heterocycles. The zero-order valence-electron chi connectivity index (χ0n) is 14.4. The molecule has 2 aromatic heterocycles. The van der Waals surface area contributed by atoms with Crippen LogP contribution in [-0.4, -0.2) is 42.7 Å². The second-order valence-corrected chi connectivity index (χ2v) is 6.49. The van der Waals surface area contributed by atoms with Gasteiger partial charge in [0.25, 0.3) is 5.56 Å². The molecule has 3 rings (SSSR count). The zero-order valence-corrected chi connectivity index (χ0v) is 14.4. The van der Waals surface area contributed by atoms with Gasteiger partial charge in [0.1, 0.15) is 6.54 Å². The van der Waals surface area contributed by atoms with E-state index >= 15 is 0 Å². The lowest BCUT2D eigenvalue weighted by Gasteiger charge is -2.36. The number of aromatic amines is 1. The van der Waals surface area contributed by atoms with Gasteiger partial charge in [0.15, 0.2) is 0 Å². The fraction of sp³-hybridized carbons (Fsp3) is 0.529. The molecule has 0 bridgehead atoms. The van der Waals surface area contributed by atoms with E-state index in [9.17, 15) is 14.4 Å². The monoisotopic (exact) mass is 345 g/mol. The molecule has 0 radical (unpaired) electrons. The number of aryl methyl sites for hydroxylation is 2. The molecule has 8 nitrogen and oxygen atoms in total. The number of carbonyl (C=O) groups excluding carboxylic acids is 1. The summed E-state index contributed by atoms with van der Waals surface area (Å²) in [4.78, 5) is 40.2. The van der Waals surface area contributed by atoms with Gasteiger partial charge in [-0.2, -0.15) is 5.10 Å². The van der Waals surface area contributed by atoms with Gasteiger partial charge in [0.05, 0.1) is 0 Å². The van der Waals surface area contributed by atoms with Crippen molar-refractivity contribution in [3.63, 3.8) is 0 Å². The molecule has 134 valence electrons. The number of rotatable bonds is 5. The maximum absolute atomic E-state index is 12.7. The third kappa shape index (κ3) is 4.07. The fourth-order valence-corrected chi connectivity index (χ4v) is 3.32. The van der Waals surface area contributed by atoms with Crippen molar-refractivity contribution in [1.29, 1.82) is 0 Å². The van der Waals surface area contributed by atoms with Gasteiger partial charge in [0, 0.05) is 43.3 Å². The van der Waals surface area contributed by atoms with Crippen LogP contribution in [0.15, 0.2) is 34.2 Å². The summed E-state index contributed by atoms with van der Waals surface area (Å²) in [7, 11) is 0. The molecule has 1 N–H and O–H groups in total. The second kappa shape index (κ2) is 7.50. The van der Waals surface area contributed by atoms with E-state index in [-0.39, 0.29) is 18.5 Å². The Hall–Kier alpha value is -2.64. The first kappa shape index (κ1) is 17.2. The van der Waals surface area contributed by atoms with Gasteiger partial charge in [-0.3, -0.25) is 23.8 Å². The number of aromatic nitrogens is 4. The lowest BCUT2D eigenvalue weighted by molar-refractivity contribution is -0.135. The molecule has 25 heavy (non-hydrogen) atoms. The Morgan fingerprint density at radius 2 is 2.20 bits per heavy atom. The van der Waals surface area contributed by atoms with Crippen molar-refractivity contribution < 1.29 is 4.79 Å². The van der Waals surface area contributed by atoms with Crippen LogP contribution in [-0.2, 0) is 17.9 Å². The Bertz CT molecular complexity index is 837. The lowest BCUT2D eigenvalue weighted by Crippen LogP contribution is -2.47. The zero-order chi connectivity index (χ0) is 17.8. The number of nitrogens with zero attached hydrogens (tertiary/aromatic N) is 4. The minimum Gasteiger partial charge on any atom is -0.338 e. The average Bonchev–Trinajstić information content (AvgIpc) is 3.11. The highest BCUT2D eigenvalue weighted by molar-refractivity contribution is 5.76. The van der Waals surface area contributed by atoms with Crippen molar-refractivity contribution in [2.24, 2.45) is 0 Å². The highest BCUT2D eigenvalue weighted by Crippen LogP contribution is 2.20. The molecule has 3 heterocycles. The quantitative estimate of drug-likeness (QED) is 0.855. The summed E-state index contributed by atoms with van der Waals surface area (Å²) in [5.74, 6) is -0.0845. The number of H-pyrrole nitrogens is 1. The average molecular weight is 345 g/mol. The predicted octanol–water partition coefficient (Wildman–Crippen LogP) is 0.513. The summed E-state index contributed by atoms with van der Waals surface area (Å²) in [5, 5.41) is 4.20. The van der Waals surface area contributed by atoms with E-state index in [2.05, 4.69) is 10.1 Å². The minimum absolute atomic E-state index is 0.0469. The third-order valence-corrected chi connectivity index (χ3v) is 4.69. The molecule has 1 aliphatic rings. The number of hydrogen-bond donors (Lipinski definition) is 1. The van der Waals surface area contributed by atoms with Crippen molar-refractivity contribution in [2.75, 3.05) is 6.54 Å². The summed E-state index contributed by atoms with van der Waals surface area (Å²) < 4.78 is 3.14. The van der Waals surface area contributed by atoms with Crippen molar-refractivity contribution in [2.45, 2.75) is 51.7 Å². The van der Waals surface area contributed by atoms with E-state index in [1.807, 2.05) is 21.8 Å². The van der Waals surface area contributed by atoms with Crippen molar-refractivity contribution in [1.82, 2.24) is 24.2 Å². The molecule has 2 aromatic rings. The maximum atomic E-state index is 12.7. The van der Waals surface area contributed by atoms with Crippen molar-refractivity contribution >= 4 is 5.91 Å². The number of carbonyl (C=O) groups is 1. The van der Waals surface area contributed by atoms with Crippen LogP contribution in [0.4, 0.5) is 0 Å². The first-order valence-corrected chi connectivity index (χ1v) is 8.62. The molecule has 0 unspecified atom stereocenters. The highest BCUT2D eigenvalue weighted by atomic mass is 16.2. The number of hydrogen-bond acceptors (Lipinski definition) is 4. The Balaban J connectivity index is 1.69. The van der Waals surface area contributed by atoms with Crippen molar-refractivity contribution in [3.8, 4) is 0 Å². The van der Waals surface area contributed by atoms with E-state index in [0.717, 1.165) is 32.2 Å². The van der Waals surface area contributed by atoms with Gasteiger partial charge in [-0.05, 0) is 38.7 Å². The molecule has 0 aromatic carbocycles. The summed E-state index contributed by atoms with van der Waals surface area (Å²) in [6.07, 6.45) is 8.99. The molecule has 1 amide bonds. The first-order chi connectivity index (χ1) is 12.0. The summed E-state index contributed by atoms with van der Waals surface area (Å²) in [5.41, 5.74) is -0.543. The van der Waals surface area contributed by atoms with Crippen LogP contribution in [0, 0.1) is 6.92 Å². The third-order valence-electron chi connectivity index (χ3n) is 4.69.